The molecule has 1 fully saturated rings. The van der Waals surface area contributed by atoms with Gasteiger partial charge in [-0.2, -0.15) is 5.10 Å². The van der Waals surface area contributed by atoms with Gasteiger partial charge in [0.25, 0.3) is 0 Å². The summed E-state index contributed by atoms with van der Waals surface area (Å²) >= 11 is 0. The van der Waals surface area contributed by atoms with Crippen LogP contribution in [-0.2, 0) is 16.1 Å². The molecule has 25 heavy (non-hydrogen) atoms. The molecule has 0 spiro atoms. The largest absolute Gasteiger partial charge is 0.346 e. The standard InChI is InChI=1S/C18H31N5O2/c1-6-22-9-7-8-15(22)10-19-17(24)18(25)20-16-13(4)21-23(14(16)5)11-12(2)3/h12,15H,6-11H2,1-5H3,(H,19,24)(H,20,25)/t15-/m1/s1. The van der Waals surface area contributed by atoms with Gasteiger partial charge in [-0.25, -0.2) is 0 Å². The Morgan fingerprint density at radius 3 is 2.64 bits per heavy atom. The number of rotatable bonds is 6. The minimum Gasteiger partial charge on any atom is -0.346 e. The first-order valence-corrected chi connectivity index (χ1v) is 9.20. The quantitative estimate of drug-likeness (QED) is 0.766. The van der Waals surface area contributed by atoms with E-state index in [4.69, 9.17) is 0 Å². The zero-order chi connectivity index (χ0) is 18.6. The lowest BCUT2D eigenvalue weighted by atomic mass is 10.2. The van der Waals surface area contributed by atoms with Crippen LogP contribution in [0, 0.1) is 19.8 Å². The Bertz CT molecular complexity index is 623. The molecule has 2 amide bonds. The Balaban J connectivity index is 1.93. The summed E-state index contributed by atoms with van der Waals surface area (Å²) in [6, 6.07) is 0.332. The van der Waals surface area contributed by atoms with Crippen molar-refractivity contribution in [2.75, 3.05) is 25.0 Å². The van der Waals surface area contributed by atoms with Crippen LogP contribution in [-0.4, -0.2) is 52.2 Å². The molecule has 1 saturated heterocycles. The van der Waals surface area contributed by atoms with Crippen LogP contribution in [0.25, 0.3) is 0 Å². The summed E-state index contributed by atoms with van der Waals surface area (Å²) in [7, 11) is 0. The number of likely N-dealkylation sites (N-methyl/N-ethyl adjacent to an activating group) is 1. The van der Waals surface area contributed by atoms with Gasteiger partial charge in [0.2, 0.25) is 0 Å². The van der Waals surface area contributed by atoms with Gasteiger partial charge < -0.3 is 10.6 Å². The van der Waals surface area contributed by atoms with E-state index in [0.717, 1.165) is 43.9 Å². The smallest absolute Gasteiger partial charge is 0.313 e. The van der Waals surface area contributed by atoms with Gasteiger partial charge in [-0.15, -0.1) is 0 Å². The molecule has 0 aromatic carbocycles. The predicted octanol–water partition coefficient (Wildman–Crippen LogP) is 1.69. The first-order chi connectivity index (χ1) is 11.8. The zero-order valence-corrected chi connectivity index (χ0v) is 16.1. The highest BCUT2D eigenvalue weighted by Crippen LogP contribution is 2.20. The number of carbonyl (C=O) groups excluding carboxylic acids is 2. The first kappa shape index (κ1) is 19.4. The van der Waals surface area contributed by atoms with Gasteiger partial charge in [0.1, 0.15) is 0 Å². The summed E-state index contributed by atoms with van der Waals surface area (Å²) in [6.07, 6.45) is 2.21. The Labute approximate surface area is 150 Å². The van der Waals surface area contributed by atoms with Crippen molar-refractivity contribution in [1.29, 1.82) is 0 Å². The van der Waals surface area contributed by atoms with Crippen LogP contribution >= 0.6 is 0 Å². The van der Waals surface area contributed by atoms with Gasteiger partial charge in [0.15, 0.2) is 0 Å². The van der Waals surface area contributed by atoms with E-state index in [2.05, 4.69) is 41.4 Å². The molecule has 7 nitrogen and oxygen atoms in total. The number of nitrogens with zero attached hydrogens (tertiary/aromatic N) is 3. The summed E-state index contributed by atoms with van der Waals surface area (Å²) in [5, 5.41) is 9.95. The minimum absolute atomic E-state index is 0.332. The van der Waals surface area contributed by atoms with E-state index in [1.54, 1.807) is 0 Å². The molecule has 0 unspecified atom stereocenters. The Morgan fingerprint density at radius 2 is 2.00 bits per heavy atom. The summed E-state index contributed by atoms with van der Waals surface area (Å²) in [4.78, 5) is 26.7. The summed E-state index contributed by atoms with van der Waals surface area (Å²) < 4.78 is 1.88. The fourth-order valence-electron chi connectivity index (χ4n) is 3.41. The highest BCUT2D eigenvalue weighted by Gasteiger charge is 2.25. The number of carbonyl (C=O) groups is 2. The van der Waals surface area contributed by atoms with Crippen LogP contribution in [0.5, 0.6) is 0 Å². The second-order valence-electron chi connectivity index (χ2n) is 7.21. The van der Waals surface area contributed by atoms with Gasteiger partial charge in [-0.1, -0.05) is 20.8 Å². The minimum atomic E-state index is -0.628. The molecule has 2 rings (SSSR count). The average molecular weight is 349 g/mol. The van der Waals surface area contributed by atoms with E-state index in [9.17, 15) is 9.59 Å². The molecule has 1 atom stereocenters. The maximum atomic E-state index is 12.2. The number of anilines is 1. The SMILES string of the molecule is CCN1CCC[C@@H]1CNC(=O)C(=O)Nc1c(C)nn(CC(C)C)c1C. The molecule has 1 aliphatic heterocycles. The van der Waals surface area contributed by atoms with Crippen LogP contribution in [0.1, 0.15) is 45.0 Å². The fourth-order valence-corrected chi connectivity index (χ4v) is 3.41. The first-order valence-electron chi connectivity index (χ1n) is 9.20. The van der Waals surface area contributed by atoms with Crippen LogP contribution in [0.4, 0.5) is 5.69 Å². The molecule has 0 bridgehead atoms. The third kappa shape index (κ3) is 4.81. The molecule has 0 aliphatic carbocycles. The highest BCUT2D eigenvalue weighted by atomic mass is 16.2. The van der Waals surface area contributed by atoms with Gasteiger partial charge in [0.05, 0.1) is 17.1 Å². The third-order valence-corrected chi connectivity index (χ3v) is 4.77. The second-order valence-corrected chi connectivity index (χ2v) is 7.21. The van der Waals surface area contributed by atoms with E-state index >= 15 is 0 Å². The number of nitrogens with one attached hydrogen (secondary N) is 2. The lowest BCUT2D eigenvalue weighted by Gasteiger charge is -2.22. The summed E-state index contributed by atoms with van der Waals surface area (Å²) in [5.41, 5.74) is 2.24. The van der Waals surface area contributed by atoms with Crippen LogP contribution in [0.15, 0.2) is 0 Å². The molecule has 1 aromatic rings. The van der Waals surface area contributed by atoms with Crippen molar-refractivity contribution in [1.82, 2.24) is 20.0 Å². The molecular formula is C18H31N5O2. The molecule has 2 N–H and O–H groups in total. The summed E-state index contributed by atoms with van der Waals surface area (Å²) in [5.74, 6) is -0.757. The third-order valence-electron chi connectivity index (χ3n) is 4.77. The molecule has 1 aliphatic rings. The number of hydrogen-bond donors (Lipinski definition) is 2. The van der Waals surface area contributed by atoms with E-state index < -0.39 is 11.8 Å². The van der Waals surface area contributed by atoms with Gasteiger partial charge >= 0.3 is 11.8 Å². The Morgan fingerprint density at radius 1 is 1.28 bits per heavy atom. The molecule has 7 heteroatoms. The maximum Gasteiger partial charge on any atom is 0.313 e. The van der Waals surface area contributed by atoms with Crippen LogP contribution in [0.3, 0.4) is 0 Å². The van der Waals surface area contributed by atoms with Gasteiger partial charge in [-0.3, -0.25) is 19.2 Å². The number of aryl methyl sites for hydroxylation is 1. The van der Waals surface area contributed by atoms with Gasteiger partial charge in [0, 0.05) is 19.1 Å². The average Bonchev–Trinajstić information content (AvgIpc) is 3.11. The normalized spacial score (nSPS) is 17.9. The number of aromatic nitrogens is 2. The van der Waals surface area contributed by atoms with E-state index in [-0.39, 0.29) is 0 Å². The van der Waals surface area contributed by atoms with Crippen molar-refractivity contribution in [2.24, 2.45) is 5.92 Å². The van der Waals surface area contributed by atoms with Crippen molar-refractivity contribution in [3.63, 3.8) is 0 Å². The monoisotopic (exact) mass is 349 g/mol. The maximum absolute atomic E-state index is 12.2. The number of hydrogen-bond acceptors (Lipinski definition) is 4. The van der Waals surface area contributed by atoms with Crippen LogP contribution < -0.4 is 10.6 Å². The Hall–Kier alpha value is -1.89. The fraction of sp³-hybridized carbons (Fsp3) is 0.722. The summed E-state index contributed by atoms with van der Waals surface area (Å²) in [6.45, 7) is 13.4. The van der Waals surface area contributed by atoms with Crippen molar-refractivity contribution >= 4 is 17.5 Å². The highest BCUT2D eigenvalue weighted by molar-refractivity contribution is 6.39. The van der Waals surface area contributed by atoms with Crippen molar-refractivity contribution in [3.8, 4) is 0 Å². The molecule has 0 radical (unpaired) electrons. The number of likely N-dealkylation sites (tertiary alicyclic amines) is 1. The number of amides is 2. The molecule has 0 saturated carbocycles. The Kier molecular flexibility index (Phi) is 6.58. The lowest BCUT2D eigenvalue weighted by Crippen LogP contribution is -2.43. The van der Waals surface area contributed by atoms with E-state index in [0.29, 0.717) is 24.2 Å². The van der Waals surface area contributed by atoms with E-state index in [1.807, 2.05) is 18.5 Å². The second kappa shape index (κ2) is 8.47. The molecule has 140 valence electrons. The molecular weight excluding hydrogens is 318 g/mol. The lowest BCUT2D eigenvalue weighted by molar-refractivity contribution is -0.136. The van der Waals surface area contributed by atoms with Crippen molar-refractivity contribution in [3.05, 3.63) is 11.4 Å². The zero-order valence-electron chi connectivity index (χ0n) is 16.1. The van der Waals surface area contributed by atoms with Crippen molar-refractivity contribution < 1.29 is 9.59 Å². The van der Waals surface area contributed by atoms with Gasteiger partial charge in [-0.05, 0) is 45.7 Å². The molecule has 2 heterocycles. The molecule has 1 aromatic heterocycles. The topological polar surface area (TPSA) is 79.3 Å². The predicted molar refractivity (Wildman–Crippen MR) is 98.4 cm³/mol. The van der Waals surface area contributed by atoms with Crippen LogP contribution in [0.2, 0.25) is 0 Å². The van der Waals surface area contributed by atoms with E-state index in [1.165, 1.54) is 0 Å². The van der Waals surface area contributed by atoms with Crippen molar-refractivity contribution in [2.45, 2.75) is 60.0 Å².